The Bertz CT molecular complexity index is 2500. The molecule has 238 valence electrons. The fraction of sp³-hybridized carbons (Fsp3) is 0.149. The minimum absolute atomic E-state index is 0.0673. The van der Waals surface area contributed by atoms with E-state index < -0.39 is 0 Å². The highest BCUT2D eigenvalue weighted by atomic mass is 15.1. The van der Waals surface area contributed by atoms with Crippen molar-refractivity contribution in [2.45, 2.75) is 45.2 Å². The van der Waals surface area contributed by atoms with E-state index in [1.165, 1.54) is 66.3 Å². The van der Waals surface area contributed by atoms with Gasteiger partial charge in [0.1, 0.15) is 0 Å². The molecule has 1 heterocycles. The Morgan fingerprint density at radius 3 is 1.88 bits per heavy atom. The first-order valence-corrected chi connectivity index (χ1v) is 17.3. The largest absolute Gasteiger partial charge is 0.367 e. The number of aromatic nitrogens is 1. The van der Waals surface area contributed by atoms with E-state index in [4.69, 9.17) is 0 Å². The number of benzene rings is 6. The Hall–Kier alpha value is -5.60. The van der Waals surface area contributed by atoms with Crippen LogP contribution in [0.25, 0.3) is 55.3 Å². The molecule has 0 unspecified atom stereocenters. The van der Waals surface area contributed by atoms with E-state index >= 15 is 0 Å². The first kappa shape index (κ1) is 29.5. The van der Waals surface area contributed by atoms with E-state index in [1.807, 2.05) is 0 Å². The highest BCUT2D eigenvalue weighted by Crippen LogP contribution is 2.51. The third-order valence-corrected chi connectivity index (χ3v) is 11.3. The van der Waals surface area contributed by atoms with Crippen molar-refractivity contribution in [3.8, 4) is 22.3 Å². The summed E-state index contributed by atoms with van der Waals surface area (Å²) in [6, 6.07) is 48.9. The van der Waals surface area contributed by atoms with Gasteiger partial charge in [0.05, 0.1) is 17.7 Å². The van der Waals surface area contributed by atoms with Crippen LogP contribution in [0, 0.1) is 0 Å². The lowest BCUT2D eigenvalue weighted by Crippen LogP contribution is -2.19. The van der Waals surface area contributed by atoms with Gasteiger partial charge in [-0.25, -0.2) is 0 Å². The summed E-state index contributed by atoms with van der Waals surface area (Å²) in [5, 5.41) is 6.50. The molecule has 0 amide bonds. The molecule has 0 saturated carbocycles. The van der Waals surface area contributed by atoms with Crippen molar-refractivity contribution >= 4 is 33.1 Å². The molecule has 2 aliphatic carbocycles. The number of para-hydroxylation sites is 1. The normalized spacial score (nSPS) is 15.1. The number of hydrogen-bond donors (Lipinski definition) is 1. The van der Waals surface area contributed by atoms with E-state index in [1.54, 1.807) is 0 Å². The van der Waals surface area contributed by atoms with Crippen molar-refractivity contribution in [3.63, 3.8) is 0 Å². The summed E-state index contributed by atoms with van der Waals surface area (Å²) in [6.07, 6.45) is 2.22. The van der Waals surface area contributed by atoms with Crippen molar-refractivity contribution in [2.24, 2.45) is 0 Å². The van der Waals surface area contributed by atoms with Crippen LogP contribution in [0.3, 0.4) is 0 Å². The predicted molar refractivity (Wildman–Crippen MR) is 208 cm³/mol. The molecule has 7 aromatic rings. The van der Waals surface area contributed by atoms with Gasteiger partial charge in [0.25, 0.3) is 0 Å². The van der Waals surface area contributed by atoms with E-state index in [-0.39, 0.29) is 10.8 Å². The SMILES string of the molecule is C=C(/C=C(\NCn1c2ccccc2c2cc3c(cc21)C(C)(C)c1ccccc1-3)c1ccc2c(c1)C(C)(C)c1ccccc1-2)c1ccccc1. The zero-order valence-corrected chi connectivity index (χ0v) is 28.6. The molecule has 9 rings (SSSR count). The number of nitrogens with zero attached hydrogens (tertiary/aromatic N) is 1. The lowest BCUT2D eigenvalue weighted by atomic mass is 9.82. The first-order valence-electron chi connectivity index (χ1n) is 17.3. The summed E-state index contributed by atoms with van der Waals surface area (Å²) in [7, 11) is 0. The molecule has 1 N–H and O–H groups in total. The van der Waals surface area contributed by atoms with E-state index in [9.17, 15) is 0 Å². The Balaban J connectivity index is 1.17. The first-order chi connectivity index (χ1) is 23.7. The fourth-order valence-corrected chi connectivity index (χ4v) is 8.59. The van der Waals surface area contributed by atoms with Gasteiger partial charge in [-0.3, -0.25) is 0 Å². The number of hydrogen-bond acceptors (Lipinski definition) is 1. The molecular formula is C47H40N2. The van der Waals surface area contributed by atoms with Crippen LogP contribution in [0.5, 0.6) is 0 Å². The lowest BCUT2D eigenvalue weighted by molar-refractivity contribution is 0.657. The maximum absolute atomic E-state index is 4.52. The Kier molecular flexibility index (Phi) is 6.45. The van der Waals surface area contributed by atoms with Gasteiger partial charge in [-0.1, -0.05) is 143 Å². The molecule has 2 nitrogen and oxygen atoms in total. The van der Waals surface area contributed by atoms with Crippen LogP contribution < -0.4 is 5.32 Å². The number of fused-ring (bicyclic) bond motifs is 9. The Morgan fingerprint density at radius 2 is 1.14 bits per heavy atom. The molecule has 0 aliphatic heterocycles. The van der Waals surface area contributed by atoms with Crippen LogP contribution in [0.1, 0.15) is 61.1 Å². The lowest BCUT2D eigenvalue weighted by Gasteiger charge is -2.23. The van der Waals surface area contributed by atoms with Crippen molar-refractivity contribution in [1.29, 1.82) is 0 Å². The monoisotopic (exact) mass is 632 g/mol. The third-order valence-electron chi connectivity index (χ3n) is 11.3. The molecule has 0 saturated heterocycles. The molecule has 6 aromatic carbocycles. The molecular weight excluding hydrogens is 593 g/mol. The molecule has 49 heavy (non-hydrogen) atoms. The third kappa shape index (κ3) is 4.40. The average molecular weight is 633 g/mol. The predicted octanol–water partition coefficient (Wildman–Crippen LogP) is 11.7. The van der Waals surface area contributed by atoms with Gasteiger partial charge in [-0.05, 0) is 91.5 Å². The second-order valence-corrected chi connectivity index (χ2v) is 14.7. The van der Waals surface area contributed by atoms with Crippen molar-refractivity contribution in [1.82, 2.24) is 9.88 Å². The summed E-state index contributed by atoms with van der Waals surface area (Å²) >= 11 is 0. The van der Waals surface area contributed by atoms with Crippen LogP contribution in [0.2, 0.25) is 0 Å². The van der Waals surface area contributed by atoms with Gasteiger partial charge in [-0.15, -0.1) is 0 Å². The molecule has 2 aliphatic rings. The zero-order valence-electron chi connectivity index (χ0n) is 28.6. The Labute approximate surface area is 289 Å². The zero-order chi connectivity index (χ0) is 33.5. The highest BCUT2D eigenvalue weighted by molar-refractivity contribution is 6.10. The molecule has 0 atom stereocenters. The number of rotatable bonds is 6. The smallest absolute Gasteiger partial charge is 0.0926 e. The summed E-state index contributed by atoms with van der Waals surface area (Å²) in [5.74, 6) is 0. The van der Waals surface area contributed by atoms with Crippen LogP contribution in [0.4, 0.5) is 0 Å². The van der Waals surface area contributed by atoms with Crippen molar-refractivity contribution in [2.75, 3.05) is 0 Å². The van der Waals surface area contributed by atoms with Gasteiger partial charge in [0.15, 0.2) is 0 Å². The van der Waals surface area contributed by atoms with Crippen LogP contribution in [0.15, 0.2) is 146 Å². The van der Waals surface area contributed by atoms with Crippen molar-refractivity contribution < 1.29 is 0 Å². The quantitative estimate of drug-likeness (QED) is 0.181. The molecule has 0 spiro atoms. The second kappa shape index (κ2) is 10.7. The minimum atomic E-state index is -0.0823. The van der Waals surface area contributed by atoms with Crippen molar-refractivity contribution in [3.05, 3.63) is 179 Å². The maximum atomic E-state index is 4.52. The maximum Gasteiger partial charge on any atom is 0.0926 e. The summed E-state index contributed by atoms with van der Waals surface area (Å²) < 4.78 is 2.45. The molecule has 1 aromatic heterocycles. The second-order valence-electron chi connectivity index (χ2n) is 14.7. The van der Waals surface area contributed by atoms with Gasteiger partial charge in [0, 0.05) is 27.3 Å². The Morgan fingerprint density at radius 1 is 0.551 bits per heavy atom. The topological polar surface area (TPSA) is 17.0 Å². The number of allylic oxidation sites excluding steroid dienone is 2. The van der Waals surface area contributed by atoms with Gasteiger partial charge >= 0.3 is 0 Å². The minimum Gasteiger partial charge on any atom is -0.367 e. The average Bonchev–Trinajstić information content (AvgIpc) is 3.66. The van der Waals surface area contributed by atoms with Crippen LogP contribution in [-0.2, 0) is 17.5 Å². The summed E-state index contributed by atoms with van der Waals surface area (Å²) in [6.45, 7) is 14.5. The van der Waals surface area contributed by atoms with E-state index in [0.717, 1.165) is 22.4 Å². The highest BCUT2D eigenvalue weighted by Gasteiger charge is 2.37. The molecule has 2 heteroatoms. The van der Waals surface area contributed by atoms with Gasteiger partial charge < -0.3 is 9.88 Å². The van der Waals surface area contributed by atoms with Crippen LogP contribution >= 0.6 is 0 Å². The van der Waals surface area contributed by atoms with E-state index in [2.05, 4.69) is 184 Å². The standard InChI is InChI=1S/C47H40N2/c1-30(31-15-7-6-8-16-31)25-43(32-23-24-35-33-17-9-12-20-39(33)46(2,3)41(35)26-32)48-29-49-44-22-14-11-19-36(44)38-27-37-34-18-10-13-21-40(34)47(4,5)42(37)28-45(38)49/h6-28,48H,1,29H2,2-5H3/b43-25-. The molecule has 0 fully saturated rings. The summed E-state index contributed by atoms with van der Waals surface area (Å²) in [4.78, 5) is 0. The van der Waals surface area contributed by atoms with Crippen LogP contribution in [-0.4, -0.2) is 4.57 Å². The van der Waals surface area contributed by atoms with E-state index in [0.29, 0.717) is 6.67 Å². The van der Waals surface area contributed by atoms with Gasteiger partial charge in [0.2, 0.25) is 0 Å². The molecule has 0 bridgehead atoms. The summed E-state index contributed by atoms with van der Waals surface area (Å²) in [5.41, 5.74) is 17.5. The van der Waals surface area contributed by atoms with Gasteiger partial charge in [-0.2, -0.15) is 0 Å². The fourth-order valence-electron chi connectivity index (χ4n) is 8.59. The number of nitrogens with one attached hydrogen (secondary N) is 1. The molecule has 0 radical (unpaired) electrons.